The van der Waals surface area contributed by atoms with Crippen molar-refractivity contribution in [3.05, 3.63) is 59.0 Å². The summed E-state index contributed by atoms with van der Waals surface area (Å²) in [7, 11) is 0. The molecule has 0 amide bonds. The number of aliphatic hydroxyl groups is 1. The summed E-state index contributed by atoms with van der Waals surface area (Å²) in [5, 5.41) is 8.80. The van der Waals surface area contributed by atoms with Gasteiger partial charge in [0.15, 0.2) is 0 Å². The monoisotopic (exact) mass is 251 g/mol. The molecule has 0 bridgehead atoms. The molecular formula is C14H21NOS. The summed E-state index contributed by atoms with van der Waals surface area (Å²) in [6.07, 6.45) is 6.25. The van der Waals surface area contributed by atoms with E-state index in [1.807, 2.05) is 37.3 Å². The molecule has 0 aromatic heterocycles. The minimum absolute atomic E-state index is 0.748. The van der Waals surface area contributed by atoms with Crippen molar-refractivity contribution in [2.75, 3.05) is 0 Å². The zero-order chi connectivity index (χ0) is 13.1. The molecular weight excluding hydrogens is 230 g/mol. The number of hydrogen-bond donors (Lipinski definition) is 3. The second-order valence-corrected chi connectivity index (χ2v) is 3.91. The Bertz CT molecular complexity index is 344. The summed E-state index contributed by atoms with van der Waals surface area (Å²) in [5.74, 6) is 0. The predicted octanol–water partition coefficient (Wildman–Crippen LogP) is 3.42. The molecule has 0 aliphatic rings. The van der Waals surface area contributed by atoms with E-state index in [1.165, 1.54) is 0 Å². The number of hydrogen-bond acceptors (Lipinski definition) is 3. The Morgan fingerprint density at radius 3 is 2.35 bits per heavy atom. The largest absolute Gasteiger partial charge is 0.375 e. The van der Waals surface area contributed by atoms with Crippen molar-refractivity contribution in [3.63, 3.8) is 0 Å². The van der Waals surface area contributed by atoms with Crippen molar-refractivity contribution in [3.8, 4) is 0 Å². The fraction of sp³-hybridized carbons (Fsp3) is 0.286. The third-order valence-electron chi connectivity index (χ3n) is 1.89. The standard InChI is InChI=1S/C7H9NO.C7H12S/c8-7(9)6-4-2-1-3-5-6;1-3-5-7(8)6-4-2/h1-5,7,9H,8H2;3,5-6,8H,4H2,1-2H3/b;5-3-,7-6+. The zero-order valence-corrected chi connectivity index (χ0v) is 11.3. The number of benzene rings is 1. The molecule has 0 spiro atoms. The van der Waals surface area contributed by atoms with Crippen molar-refractivity contribution < 1.29 is 5.11 Å². The van der Waals surface area contributed by atoms with Crippen LogP contribution in [0, 0.1) is 0 Å². The van der Waals surface area contributed by atoms with Gasteiger partial charge in [0.1, 0.15) is 6.23 Å². The van der Waals surface area contributed by atoms with Gasteiger partial charge in [0.25, 0.3) is 0 Å². The van der Waals surface area contributed by atoms with Gasteiger partial charge in [0.05, 0.1) is 0 Å². The molecule has 0 fully saturated rings. The van der Waals surface area contributed by atoms with E-state index < -0.39 is 6.23 Å². The summed E-state index contributed by atoms with van der Waals surface area (Å²) < 4.78 is 0. The van der Waals surface area contributed by atoms with Gasteiger partial charge in [-0.15, -0.1) is 12.6 Å². The molecule has 94 valence electrons. The molecule has 1 aromatic rings. The van der Waals surface area contributed by atoms with Crippen LogP contribution in [0.5, 0.6) is 0 Å². The average Bonchev–Trinajstić information content (AvgIpc) is 2.32. The first-order chi connectivity index (χ1) is 8.11. The lowest BCUT2D eigenvalue weighted by molar-refractivity contribution is 0.186. The minimum Gasteiger partial charge on any atom is -0.375 e. The Balaban J connectivity index is 0.000000304. The van der Waals surface area contributed by atoms with Crippen molar-refractivity contribution in [2.24, 2.45) is 5.73 Å². The first kappa shape index (κ1) is 16.0. The highest BCUT2D eigenvalue weighted by Gasteiger charge is 1.95. The molecule has 0 radical (unpaired) electrons. The molecule has 1 aromatic carbocycles. The summed E-state index contributed by atoms with van der Waals surface area (Å²) in [6.45, 7) is 4.08. The quantitative estimate of drug-likeness (QED) is 0.438. The van der Waals surface area contributed by atoms with Gasteiger partial charge >= 0.3 is 0 Å². The van der Waals surface area contributed by atoms with Crippen molar-refractivity contribution in [2.45, 2.75) is 26.5 Å². The van der Waals surface area contributed by atoms with Gasteiger partial charge in [-0.25, -0.2) is 0 Å². The fourth-order valence-electron chi connectivity index (χ4n) is 1.10. The van der Waals surface area contributed by atoms with Crippen LogP contribution in [-0.4, -0.2) is 5.11 Å². The normalized spacial score (nSPS) is 13.1. The Kier molecular flexibility index (Phi) is 9.53. The average molecular weight is 251 g/mol. The third-order valence-corrected chi connectivity index (χ3v) is 2.22. The van der Waals surface area contributed by atoms with Crippen LogP contribution < -0.4 is 5.73 Å². The van der Waals surface area contributed by atoms with Crippen LogP contribution in [0.15, 0.2) is 53.5 Å². The second kappa shape index (κ2) is 10.1. The number of aliphatic hydroxyl groups excluding tert-OH is 1. The van der Waals surface area contributed by atoms with Crippen LogP contribution in [0.25, 0.3) is 0 Å². The Hall–Kier alpha value is -1.03. The molecule has 0 heterocycles. The summed E-state index contributed by atoms with van der Waals surface area (Å²) in [5.41, 5.74) is 5.92. The molecule has 1 unspecified atom stereocenters. The first-order valence-electron chi connectivity index (χ1n) is 5.62. The maximum atomic E-state index is 8.80. The summed E-state index contributed by atoms with van der Waals surface area (Å²) in [6, 6.07) is 9.12. The molecule has 1 rings (SSSR count). The highest BCUT2D eigenvalue weighted by molar-refractivity contribution is 7.84. The maximum absolute atomic E-state index is 8.80. The van der Waals surface area contributed by atoms with Crippen molar-refractivity contribution >= 4 is 12.6 Å². The molecule has 0 aliphatic carbocycles. The van der Waals surface area contributed by atoms with E-state index in [0.717, 1.165) is 16.9 Å². The molecule has 3 N–H and O–H groups in total. The SMILES string of the molecule is C/C=C\C(S)=C/CC.NC(O)c1ccccc1. The van der Waals surface area contributed by atoms with Gasteiger partial charge in [0.2, 0.25) is 0 Å². The van der Waals surface area contributed by atoms with Gasteiger partial charge in [0, 0.05) is 0 Å². The lowest BCUT2D eigenvalue weighted by atomic mass is 10.2. The number of allylic oxidation sites excluding steroid dienone is 3. The highest BCUT2D eigenvalue weighted by atomic mass is 32.1. The van der Waals surface area contributed by atoms with Gasteiger partial charge in [-0.2, -0.15) is 0 Å². The summed E-state index contributed by atoms with van der Waals surface area (Å²) in [4.78, 5) is 1.05. The maximum Gasteiger partial charge on any atom is 0.128 e. The molecule has 0 saturated heterocycles. The molecule has 17 heavy (non-hydrogen) atoms. The van der Waals surface area contributed by atoms with E-state index in [2.05, 4.69) is 25.6 Å². The van der Waals surface area contributed by atoms with Crippen LogP contribution in [0.4, 0.5) is 0 Å². The number of thiol groups is 1. The second-order valence-electron chi connectivity index (χ2n) is 3.39. The fourth-order valence-corrected chi connectivity index (χ4v) is 1.43. The van der Waals surface area contributed by atoms with Crippen LogP contribution in [0.1, 0.15) is 32.1 Å². The van der Waals surface area contributed by atoms with Crippen LogP contribution in [0.3, 0.4) is 0 Å². The predicted molar refractivity (Wildman–Crippen MR) is 77.8 cm³/mol. The lowest BCUT2D eigenvalue weighted by Crippen LogP contribution is -2.07. The lowest BCUT2D eigenvalue weighted by Gasteiger charge is -2.01. The van der Waals surface area contributed by atoms with E-state index in [-0.39, 0.29) is 0 Å². The van der Waals surface area contributed by atoms with E-state index >= 15 is 0 Å². The van der Waals surface area contributed by atoms with Gasteiger partial charge in [-0.3, -0.25) is 0 Å². The molecule has 0 saturated carbocycles. The van der Waals surface area contributed by atoms with E-state index in [9.17, 15) is 0 Å². The van der Waals surface area contributed by atoms with Gasteiger partial charge < -0.3 is 10.8 Å². The molecule has 3 heteroatoms. The van der Waals surface area contributed by atoms with Crippen molar-refractivity contribution in [1.29, 1.82) is 0 Å². The van der Waals surface area contributed by atoms with Crippen molar-refractivity contribution in [1.82, 2.24) is 0 Å². The smallest absolute Gasteiger partial charge is 0.128 e. The van der Waals surface area contributed by atoms with E-state index in [1.54, 1.807) is 12.1 Å². The molecule has 1 atom stereocenters. The number of nitrogens with two attached hydrogens (primary N) is 1. The van der Waals surface area contributed by atoms with Crippen LogP contribution >= 0.6 is 12.6 Å². The molecule has 0 aliphatic heterocycles. The molecule has 2 nitrogen and oxygen atoms in total. The third kappa shape index (κ3) is 8.74. The van der Waals surface area contributed by atoms with Crippen LogP contribution in [-0.2, 0) is 0 Å². The Labute approximate surface area is 109 Å². The zero-order valence-electron chi connectivity index (χ0n) is 10.4. The highest BCUT2D eigenvalue weighted by Crippen LogP contribution is 2.04. The van der Waals surface area contributed by atoms with Crippen LogP contribution in [0.2, 0.25) is 0 Å². The van der Waals surface area contributed by atoms with E-state index in [0.29, 0.717) is 0 Å². The Morgan fingerprint density at radius 1 is 1.41 bits per heavy atom. The first-order valence-corrected chi connectivity index (χ1v) is 6.07. The summed E-state index contributed by atoms with van der Waals surface area (Å²) >= 11 is 4.16. The topological polar surface area (TPSA) is 46.2 Å². The minimum atomic E-state index is -0.841. The van der Waals surface area contributed by atoms with Gasteiger partial charge in [-0.1, -0.05) is 55.5 Å². The van der Waals surface area contributed by atoms with E-state index in [4.69, 9.17) is 10.8 Å². The Morgan fingerprint density at radius 2 is 2.00 bits per heavy atom. The number of rotatable bonds is 3. The van der Waals surface area contributed by atoms with Gasteiger partial charge in [-0.05, 0) is 23.8 Å².